The highest BCUT2D eigenvalue weighted by Gasteiger charge is 2.07. The fourth-order valence-electron chi connectivity index (χ4n) is 1.82. The summed E-state index contributed by atoms with van der Waals surface area (Å²) >= 11 is 0. The molecular weight excluding hydrogens is 244 g/mol. The van der Waals surface area contributed by atoms with Crippen LogP contribution in [0.2, 0.25) is 19.6 Å². The summed E-state index contributed by atoms with van der Waals surface area (Å²) in [6.45, 7) is 9.14. The van der Waals surface area contributed by atoms with Gasteiger partial charge in [0.2, 0.25) is 0 Å². The summed E-state index contributed by atoms with van der Waals surface area (Å²) in [6, 6.07) is 10.6. The van der Waals surface area contributed by atoms with E-state index in [0.29, 0.717) is 0 Å². The molecule has 19 heavy (non-hydrogen) atoms. The molecule has 1 heteroatoms. The zero-order chi connectivity index (χ0) is 14.1. The van der Waals surface area contributed by atoms with Crippen LogP contribution in [-0.4, -0.2) is 8.07 Å². The minimum Gasteiger partial charge on any atom is -0.132 e. The molecule has 0 aliphatic heterocycles. The lowest BCUT2D eigenvalue weighted by Gasteiger charge is -2.06. The number of hydrogen-bond acceptors (Lipinski definition) is 0. The summed E-state index contributed by atoms with van der Waals surface area (Å²) in [6.07, 6.45) is 6.92. The van der Waals surface area contributed by atoms with E-state index < -0.39 is 8.07 Å². The predicted molar refractivity (Wildman–Crippen MR) is 89.7 cm³/mol. The van der Waals surface area contributed by atoms with E-state index in [-0.39, 0.29) is 0 Å². The highest BCUT2D eigenvalue weighted by atomic mass is 28.3. The average Bonchev–Trinajstić information content (AvgIpc) is 2.35. The van der Waals surface area contributed by atoms with E-state index in [2.05, 4.69) is 74.4 Å². The van der Waals surface area contributed by atoms with Crippen LogP contribution >= 0.6 is 0 Å². The monoisotopic (exact) mass is 270 g/mol. The minimum absolute atomic E-state index is 0.930. The third-order valence-corrected chi connectivity index (χ3v) is 3.73. The molecule has 1 aromatic carbocycles. The Balaban J connectivity index is 2.77. The van der Waals surface area contributed by atoms with E-state index in [4.69, 9.17) is 0 Å². The second kappa shape index (κ2) is 8.02. The van der Waals surface area contributed by atoms with Gasteiger partial charge in [-0.15, -0.1) is 11.5 Å². The molecule has 0 heterocycles. The van der Waals surface area contributed by atoms with Gasteiger partial charge in [-0.1, -0.05) is 75.0 Å². The van der Waals surface area contributed by atoms with Crippen molar-refractivity contribution in [2.75, 3.05) is 0 Å². The maximum absolute atomic E-state index is 3.46. The predicted octanol–water partition coefficient (Wildman–Crippen LogP) is 5.53. The molecule has 0 nitrogen and oxygen atoms in total. The molecule has 0 bridgehead atoms. The van der Waals surface area contributed by atoms with Gasteiger partial charge in [0.15, 0.2) is 0 Å². The summed E-state index contributed by atoms with van der Waals surface area (Å²) in [7, 11) is -1.24. The van der Waals surface area contributed by atoms with Crippen LogP contribution in [0.15, 0.2) is 35.9 Å². The zero-order valence-electron chi connectivity index (χ0n) is 12.8. The molecule has 0 aromatic heterocycles. The molecule has 1 rings (SSSR count). The van der Waals surface area contributed by atoms with Gasteiger partial charge in [-0.2, -0.15) is 0 Å². The fraction of sp³-hybridized carbons (Fsp3) is 0.444. The molecule has 102 valence electrons. The quantitative estimate of drug-likeness (QED) is 0.487. The van der Waals surface area contributed by atoms with Gasteiger partial charge < -0.3 is 0 Å². The molecule has 0 amide bonds. The Morgan fingerprint density at radius 3 is 2.42 bits per heavy atom. The third-order valence-electron chi connectivity index (χ3n) is 2.80. The number of benzene rings is 1. The van der Waals surface area contributed by atoms with Gasteiger partial charge in [-0.05, 0) is 18.4 Å². The van der Waals surface area contributed by atoms with Crippen molar-refractivity contribution in [2.45, 2.75) is 52.2 Å². The lowest BCUT2D eigenvalue weighted by Crippen LogP contribution is -2.16. The van der Waals surface area contributed by atoms with E-state index in [9.17, 15) is 0 Å². The second-order valence-electron chi connectivity index (χ2n) is 6.05. The summed E-state index contributed by atoms with van der Waals surface area (Å²) < 4.78 is 0. The van der Waals surface area contributed by atoms with Crippen molar-refractivity contribution < 1.29 is 0 Å². The first-order chi connectivity index (χ1) is 9.01. The van der Waals surface area contributed by atoms with Crippen LogP contribution < -0.4 is 0 Å². The van der Waals surface area contributed by atoms with Crippen molar-refractivity contribution in [1.82, 2.24) is 0 Å². The maximum Gasteiger partial charge on any atom is 0.129 e. The first-order valence-corrected chi connectivity index (χ1v) is 10.8. The first kappa shape index (κ1) is 15.8. The normalized spacial score (nSPS) is 11.9. The van der Waals surface area contributed by atoms with Gasteiger partial charge in [0.1, 0.15) is 8.07 Å². The Labute approximate surface area is 120 Å². The minimum atomic E-state index is -1.24. The zero-order valence-corrected chi connectivity index (χ0v) is 13.8. The molecule has 0 aliphatic carbocycles. The first-order valence-electron chi connectivity index (χ1n) is 7.26. The van der Waals surface area contributed by atoms with Crippen LogP contribution in [-0.2, 0) is 0 Å². The Morgan fingerprint density at radius 1 is 1.16 bits per heavy atom. The Morgan fingerprint density at radius 2 is 1.84 bits per heavy atom. The number of hydrogen-bond donors (Lipinski definition) is 0. The van der Waals surface area contributed by atoms with Gasteiger partial charge in [0.05, 0.1) is 0 Å². The van der Waals surface area contributed by atoms with Crippen molar-refractivity contribution in [1.29, 1.82) is 0 Å². The third kappa shape index (κ3) is 7.69. The summed E-state index contributed by atoms with van der Waals surface area (Å²) in [5.41, 5.74) is 6.23. The molecule has 0 fully saturated rings. The van der Waals surface area contributed by atoms with Crippen molar-refractivity contribution in [3.8, 4) is 11.5 Å². The Hall–Kier alpha value is -1.26. The SMILES string of the molecule is CCCCC(=Cc1ccccc1)CC#C[Si](C)(C)C. The highest BCUT2D eigenvalue weighted by Crippen LogP contribution is 2.16. The van der Waals surface area contributed by atoms with Crippen LogP contribution in [0, 0.1) is 11.5 Å². The molecule has 0 N–H and O–H groups in total. The Kier molecular flexibility index (Phi) is 6.66. The van der Waals surface area contributed by atoms with Crippen molar-refractivity contribution >= 4 is 14.1 Å². The van der Waals surface area contributed by atoms with Gasteiger partial charge in [0, 0.05) is 6.42 Å². The lowest BCUT2D eigenvalue weighted by molar-refractivity contribution is 0.781. The Bertz CT molecular complexity index is 452. The molecule has 0 unspecified atom stereocenters. The summed E-state index contributed by atoms with van der Waals surface area (Å²) in [5.74, 6) is 3.40. The van der Waals surface area contributed by atoms with Gasteiger partial charge in [0.25, 0.3) is 0 Å². The number of rotatable bonds is 5. The topological polar surface area (TPSA) is 0 Å². The average molecular weight is 270 g/mol. The summed E-state index contributed by atoms with van der Waals surface area (Å²) in [5, 5.41) is 0. The van der Waals surface area contributed by atoms with Gasteiger partial charge in [-0.3, -0.25) is 0 Å². The highest BCUT2D eigenvalue weighted by molar-refractivity contribution is 6.83. The van der Waals surface area contributed by atoms with Crippen molar-refractivity contribution in [2.24, 2.45) is 0 Å². The molecular formula is C18H26Si. The van der Waals surface area contributed by atoms with Crippen molar-refractivity contribution in [3.05, 3.63) is 41.5 Å². The van der Waals surface area contributed by atoms with Crippen LogP contribution in [0.4, 0.5) is 0 Å². The van der Waals surface area contributed by atoms with Gasteiger partial charge in [-0.25, -0.2) is 0 Å². The van der Waals surface area contributed by atoms with Crippen LogP contribution in [0.3, 0.4) is 0 Å². The van der Waals surface area contributed by atoms with E-state index in [0.717, 1.165) is 6.42 Å². The fourth-order valence-corrected chi connectivity index (χ4v) is 2.44. The molecule has 0 spiro atoms. The van der Waals surface area contributed by atoms with Crippen LogP contribution in [0.1, 0.15) is 38.2 Å². The molecule has 0 saturated heterocycles. The van der Waals surface area contributed by atoms with E-state index in [1.54, 1.807) is 0 Å². The van der Waals surface area contributed by atoms with E-state index >= 15 is 0 Å². The second-order valence-corrected chi connectivity index (χ2v) is 10.8. The van der Waals surface area contributed by atoms with Crippen molar-refractivity contribution in [3.63, 3.8) is 0 Å². The standard InChI is InChI=1S/C18H26Si/c1-5-6-11-17(14-10-15-19(2,3)4)16-18-12-8-7-9-13-18/h7-9,12-13,16H,5-6,11,14H2,1-4H3. The molecule has 1 aromatic rings. The number of allylic oxidation sites excluding steroid dienone is 1. The largest absolute Gasteiger partial charge is 0.132 e. The lowest BCUT2D eigenvalue weighted by atomic mass is 10.0. The summed E-state index contributed by atoms with van der Waals surface area (Å²) in [4.78, 5) is 0. The molecule has 0 aliphatic rings. The molecule has 0 radical (unpaired) electrons. The number of unbranched alkanes of at least 4 members (excludes halogenated alkanes) is 1. The molecule has 0 saturated carbocycles. The molecule has 0 atom stereocenters. The maximum atomic E-state index is 3.46. The van der Waals surface area contributed by atoms with Crippen LogP contribution in [0.25, 0.3) is 6.08 Å². The smallest absolute Gasteiger partial charge is 0.129 e. The van der Waals surface area contributed by atoms with E-state index in [1.165, 1.54) is 30.4 Å². The van der Waals surface area contributed by atoms with Crippen LogP contribution in [0.5, 0.6) is 0 Å². The van der Waals surface area contributed by atoms with Gasteiger partial charge >= 0.3 is 0 Å². The van der Waals surface area contributed by atoms with E-state index in [1.807, 2.05) is 0 Å².